The van der Waals surface area contributed by atoms with Crippen molar-refractivity contribution >= 4 is 34.5 Å². The Morgan fingerprint density at radius 2 is 1.78 bits per heavy atom. The zero-order valence-electron chi connectivity index (χ0n) is 15.0. The summed E-state index contributed by atoms with van der Waals surface area (Å²) in [6, 6.07) is 19.0. The third-order valence-corrected chi connectivity index (χ3v) is 4.80. The molecule has 0 aliphatic heterocycles. The van der Waals surface area contributed by atoms with Gasteiger partial charge in [0.15, 0.2) is 0 Å². The number of carbonyl (C=O) groups is 2. The Labute approximate surface area is 162 Å². The average Bonchev–Trinajstić information content (AvgIpc) is 3.21. The van der Waals surface area contributed by atoms with E-state index in [0.29, 0.717) is 22.8 Å². The summed E-state index contributed by atoms with van der Waals surface area (Å²) in [5.74, 6) is -0.279. The fourth-order valence-electron chi connectivity index (χ4n) is 2.60. The highest BCUT2D eigenvalue weighted by Gasteiger charge is 2.10. The van der Waals surface area contributed by atoms with Crippen LogP contribution in [-0.4, -0.2) is 18.4 Å². The van der Waals surface area contributed by atoms with Gasteiger partial charge in [-0.2, -0.15) is 0 Å². The summed E-state index contributed by atoms with van der Waals surface area (Å²) >= 11 is 1.38. The molecule has 3 N–H and O–H groups in total. The van der Waals surface area contributed by atoms with E-state index in [9.17, 15) is 9.59 Å². The van der Waals surface area contributed by atoms with E-state index < -0.39 is 0 Å². The Morgan fingerprint density at radius 3 is 2.52 bits per heavy atom. The molecule has 2 aromatic carbocycles. The number of carbonyl (C=O) groups excluding carboxylic acids is 2. The second-order valence-electron chi connectivity index (χ2n) is 6.10. The zero-order valence-corrected chi connectivity index (χ0v) is 15.8. The minimum atomic E-state index is -0.164. The monoisotopic (exact) mass is 379 g/mol. The highest BCUT2D eigenvalue weighted by atomic mass is 32.1. The second kappa shape index (κ2) is 9.00. The molecule has 0 unspecified atom stereocenters. The van der Waals surface area contributed by atoms with E-state index in [1.165, 1.54) is 11.3 Å². The van der Waals surface area contributed by atoms with Crippen LogP contribution in [0.1, 0.15) is 20.8 Å². The predicted octanol–water partition coefficient (Wildman–Crippen LogP) is 4.04. The summed E-state index contributed by atoms with van der Waals surface area (Å²) in [5, 5.41) is 10.7. The van der Waals surface area contributed by atoms with E-state index in [1.807, 2.05) is 60.8 Å². The van der Waals surface area contributed by atoms with Gasteiger partial charge in [-0.15, -0.1) is 11.3 Å². The molecule has 5 nitrogen and oxygen atoms in total. The number of hydrogen-bond acceptors (Lipinski definition) is 4. The number of anilines is 2. The van der Waals surface area contributed by atoms with Gasteiger partial charge in [-0.25, -0.2) is 0 Å². The summed E-state index contributed by atoms with van der Waals surface area (Å²) in [5.41, 5.74) is 3.57. The van der Waals surface area contributed by atoms with E-state index in [1.54, 1.807) is 12.1 Å². The van der Waals surface area contributed by atoms with Gasteiger partial charge in [0, 0.05) is 6.54 Å². The van der Waals surface area contributed by atoms with Gasteiger partial charge in [-0.1, -0.05) is 48.0 Å². The number of para-hydroxylation sites is 2. The fourth-order valence-corrected chi connectivity index (χ4v) is 3.22. The third-order valence-electron chi connectivity index (χ3n) is 3.93. The quantitative estimate of drug-likeness (QED) is 0.580. The van der Waals surface area contributed by atoms with Gasteiger partial charge in [0.05, 0.1) is 22.8 Å². The van der Waals surface area contributed by atoms with E-state index in [-0.39, 0.29) is 18.4 Å². The smallest absolute Gasteiger partial charge is 0.265 e. The molecule has 138 valence electrons. The number of hydrogen-bond donors (Lipinski definition) is 3. The van der Waals surface area contributed by atoms with Crippen LogP contribution < -0.4 is 16.0 Å². The second-order valence-corrected chi connectivity index (χ2v) is 7.04. The largest absolute Gasteiger partial charge is 0.374 e. The van der Waals surface area contributed by atoms with Crippen molar-refractivity contribution < 1.29 is 9.59 Å². The molecule has 0 saturated heterocycles. The molecule has 2 amide bonds. The molecule has 1 aromatic heterocycles. The first-order valence-corrected chi connectivity index (χ1v) is 9.50. The topological polar surface area (TPSA) is 70.2 Å². The van der Waals surface area contributed by atoms with Crippen molar-refractivity contribution in [3.63, 3.8) is 0 Å². The van der Waals surface area contributed by atoms with Crippen LogP contribution in [0.5, 0.6) is 0 Å². The molecule has 3 aromatic rings. The van der Waals surface area contributed by atoms with Crippen molar-refractivity contribution in [3.8, 4) is 0 Å². The van der Waals surface area contributed by atoms with Gasteiger partial charge in [0.25, 0.3) is 5.91 Å². The van der Waals surface area contributed by atoms with E-state index in [4.69, 9.17) is 0 Å². The average molecular weight is 379 g/mol. The SMILES string of the molecule is Cc1cccc(CNC(=O)CNc2ccccc2NC(=O)c2cccs2)c1. The lowest BCUT2D eigenvalue weighted by atomic mass is 10.1. The molecule has 0 fully saturated rings. The molecule has 0 saturated carbocycles. The summed E-state index contributed by atoms with van der Waals surface area (Å²) in [4.78, 5) is 25.0. The van der Waals surface area contributed by atoms with Crippen LogP contribution in [0.2, 0.25) is 0 Å². The Morgan fingerprint density at radius 1 is 0.963 bits per heavy atom. The molecule has 0 spiro atoms. The molecule has 27 heavy (non-hydrogen) atoms. The minimum Gasteiger partial charge on any atom is -0.374 e. The summed E-state index contributed by atoms with van der Waals surface area (Å²) in [6.07, 6.45) is 0. The molecular formula is C21H21N3O2S. The van der Waals surface area contributed by atoms with Gasteiger partial charge in [-0.3, -0.25) is 9.59 Å². The van der Waals surface area contributed by atoms with Gasteiger partial charge < -0.3 is 16.0 Å². The van der Waals surface area contributed by atoms with E-state index in [2.05, 4.69) is 16.0 Å². The molecule has 0 aliphatic carbocycles. The maximum absolute atomic E-state index is 12.2. The molecule has 3 rings (SSSR count). The van der Waals surface area contributed by atoms with Gasteiger partial charge in [0.1, 0.15) is 0 Å². The molecule has 0 aliphatic rings. The molecule has 0 bridgehead atoms. The van der Waals surface area contributed by atoms with Crippen molar-refractivity contribution in [2.24, 2.45) is 0 Å². The van der Waals surface area contributed by atoms with Crippen molar-refractivity contribution in [1.82, 2.24) is 5.32 Å². The molecule has 0 radical (unpaired) electrons. The van der Waals surface area contributed by atoms with Crippen LogP contribution in [0.4, 0.5) is 11.4 Å². The lowest BCUT2D eigenvalue weighted by molar-refractivity contribution is -0.119. The lowest BCUT2D eigenvalue weighted by Crippen LogP contribution is -2.29. The maximum Gasteiger partial charge on any atom is 0.265 e. The maximum atomic E-state index is 12.2. The van der Waals surface area contributed by atoms with E-state index in [0.717, 1.165) is 11.1 Å². The van der Waals surface area contributed by atoms with Crippen LogP contribution in [0, 0.1) is 6.92 Å². The molecular weight excluding hydrogens is 358 g/mol. The van der Waals surface area contributed by atoms with Gasteiger partial charge in [-0.05, 0) is 36.1 Å². The van der Waals surface area contributed by atoms with Gasteiger partial charge in [0.2, 0.25) is 5.91 Å². The summed E-state index contributed by atoms with van der Waals surface area (Å²) < 4.78 is 0. The molecule has 6 heteroatoms. The number of thiophene rings is 1. The number of aryl methyl sites for hydroxylation is 1. The lowest BCUT2D eigenvalue weighted by Gasteiger charge is -2.13. The Hall–Kier alpha value is -3.12. The third kappa shape index (κ3) is 5.43. The number of rotatable bonds is 7. The summed E-state index contributed by atoms with van der Waals surface area (Å²) in [7, 11) is 0. The van der Waals surface area contributed by atoms with Crippen LogP contribution in [-0.2, 0) is 11.3 Å². The highest BCUT2D eigenvalue weighted by molar-refractivity contribution is 7.12. The molecule has 0 atom stereocenters. The van der Waals surface area contributed by atoms with Crippen LogP contribution in [0.15, 0.2) is 66.0 Å². The standard InChI is InChI=1S/C21H21N3O2S/c1-15-6-4-7-16(12-15)13-23-20(25)14-22-17-8-2-3-9-18(17)24-21(26)19-10-5-11-27-19/h2-12,22H,13-14H2,1H3,(H,23,25)(H,24,26). The Bertz CT molecular complexity index is 923. The van der Waals surface area contributed by atoms with Crippen molar-refractivity contribution in [2.75, 3.05) is 17.2 Å². The van der Waals surface area contributed by atoms with Crippen LogP contribution >= 0.6 is 11.3 Å². The highest BCUT2D eigenvalue weighted by Crippen LogP contribution is 2.22. The van der Waals surface area contributed by atoms with E-state index >= 15 is 0 Å². The van der Waals surface area contributed by atoms with Crippen LogP contribution in [0.25, 0.3) is 0 Å². The first-order chi connectivity index (χ1) is 13.1. The Kier molecular flexibility index (Phi) is 6.22. The van der Waals surface area contributed by atoms with Gasteiger partial charge >= 0.3 is 0 Å². The van der Waals surface area contributed by atoms with Crippen LogP contribution in [0.3, 0.4) is 0 Å². The van der Waals surface area contributed by atoms with Crippen molar-refractivity contribution in [3.05, 3.63) is 82.0 Å². The molecule has 1 heterocycles. The minimum absolute atomic E-state index is 0.115. The Balaban J connectivity index is 1.54. The fraction of sp³-hybridized carbons (Fsp3) is 0.143. The van der Waals surface area contributed by atoms with Crippen molar-refractivity contribution in [2.45, 2.75) is 13.5 Å². The van der Waals surface area contributed by atoms with Crippen molar-refractivity contribution in [1.29, 1.82) is 0 Å². The first kappa shape index (κ1) is 18.7. The number of nitrogens with one attached hydrogen (secondary N) is 3. The zero-order chi connectivity index (χ0) is 19.1. The predicted molar refractivity (Wildman–Crippen MR) is 110 cm³/mol. The normalized spacial score (nSPS) is 10.3. The summed E-state index contributed by atoms with van der Waals surface area (Å²) in [6.45, 7) is 2.63. The first-order valence-electron chi connectivity index (χ1n) is 8.62. The number of benzene rings is 2. The number of amides is 2.